The van der Waals surface area contributed by atoms with Gasteiger partial charge in [-0.1, -0.05) is 29.8 Å². The van der Waals surface area contributed by atoms with Gasteiger partial charge in [0.2, 0.25) is 5.78 Å². The molecule has 1 saturated heterocycles. The Morgan fingerprint density at radius 3 is 2.79 bits per heavy atom. The van der Waals surface area contributed by atoms with Crippen molar-refractivity contribution in [1.82, 2.24) is 10.3 Å². The molecule has 0 unspecified atom stereocenters. The van der Waals surface area contributed by atoms with Crippen LogP contribution in [0.2, 0.25) is 5.02 Å². The quantitative estimate of drug-likeness (QED) is 0.485. The van der Waals surface area contributed by atoms with E-state index < -0.39 is 0 Å². The van der Waals surface area contributed by atoms with Gasteiger partial charge in [0.15, 0.2) is 0 Å². The van der Waals surface area contributed by atoms with Crippen LogP contribution in [0.1, 0.15) is 28.0 Å². The molecule has 0 amide bonds. The summed E-state index contributed by atoms with van der Waals surface area (Å²) in [6.45, 7) is 1.07. The summed E-state index contributed by atoms with van der Waals surface area (Å²) in [6, 6.07) is 16.3. The van der Waals surface area contributed by atoms with Gasteiger partial charge < -0.3 is 20.1 Å². The number of halogens is 1. The molecule has 7 nitrogen and oxygen atoms in total. The molecule has 0 radical (unpaired) electrons. The maximum atomic E-state index is 13.5. The molecule has 0 spiro atoms. The molecule has 1 fully saturated rings. The van der Waals surface area contributed by atoms with Gasteiger partial charge in [0.1, 0.15) is 17.2 Å². The predicted molar refractivity (Wildman–Crippen MR) is 128 cm³/mol. The molecule has 2 aliphatic heterocycles. The predicted octanol–water partition coefficient (Wildman–Crippen LogP) is 3.81. The Labute approximate surface area is 196 Å². The summed E-state index contributed by atoms with van der Waals surface area (Å²) in [5.41, 5.74) is 3.01. The summed E-state index contributed by atoms with van der Waals surface area (Å²) >= 11 is 6.51. The lowest BCUT2D eigenvalue weighted by atomic mass is 9.95. The number of H-pyrrole nitrogens is 1. The number of carbonyl (C=O) groups excluding carboxylic acids is 1. The Balaban J connectivity index is 1.43. The molecule has 2 aromatic carbocycles. The average Bonchev–Trinajstić information content (AvgIpc) is 3.49. The van der Waals surface area contributed by atoms with Crippen molar-refractivity contribution in [3.8, 4) is 11.5 Å². The van der Waals surface area contributed by atoms with E-state index in [1.165, 1.54) is 0 Å². The fourth-order valence-corrected chi connectivity index (χ4v) is 4.40. The van der Waals surface area contributed by atoms with Crippen LogP contribution in [-0.2, 0) is 6.54 Å². The third-order valence-electron chi connectivity index (χ3n) is 5.82. The monoisotopic (exact) mass is 462 g/mol. The molecule has 33 heavy (non-hydrogen) atoms. The van der Waals surface area contributed by atoms with Crippen molar-refractivity contribution in [3.63, 3.8) is 0 Å². The summed E-state index contributed by atoms with van der Waals surface area (Å²) in [7, 11) is 0. The molecular formula is C25H23ClN4O3. The second-order valence-electron chi connectivity index (χ2n) is 8.08. The van der Waals surface area contributed by atoms with Gasteiger partial charge in [-0.3, -0.25) is 14.8 Å². The van der Waals surface area contributed by atoms with Gasteiger partial charge >= 0.3 is 0 Å². The smallest absolute Gasteiger partial charge is 0.214 e. The summed E-state index contributed by atoms with van der Waals surface area (Å²) < 4.78 is 5.82. The number of aliphatic hydroxyl groups is 1. The van der Waals surface area contributed by atoms with Crippen molar-refractivity contribution in [1.29, 1.82) is 0 Å². The number of nitrogens with one attached hydrogen (secondary N) is 2. The van der Waals surface area contributed by atoms with Crippen LogP contribution in [0, 0.1) is 0 Å². The first-order valence-electron chi connectivity index (χ1n) is 10.8. The van der Waals surface area contributed by atoms with Crippen molar-refractivity contribution < 1.29 is 14.6 Å². The minimum atomic E-state index is -0.276. The van der Waals surface area contributed by atoms with Crippen molar-refractivity contribution in [2.24, 2.45) is 9.98 Å². The Morgan fingerprint density at radius 1 is 1.18 bits per heavy atom. The highest BCUT2D eigenvalue weighted by Crippen LogP contribution is 2.29. The number of aliphatic hydroxyl groups excluding tert-OH is 1. The highest BCUT2D eigenvalue weighted by Gasteiger charge is 2.31. The molecule has 0 bridgehead atoms. The van der Waals surface area contributed by atoms with E-state index in [1.54, 1.807) is 18.2 Å². The first-order chi connectivity index (χ1) is 16.1. The van der Waals surface area contributed by atoms with Crippen LogP contribution in [0.4, 0.5) is 0 Å². The van der Waals surface area contributed by atoms with E-state index in [-0.39, 0.29) is 24.5 Å². The number of fused-ring (bicyclic) bond motifs is 1. The van der Waals surface area contributed by atoms with Crippen LogP contribution in [0.3, 0.4) is 0 Å². The average molecular weight is 463 g/mol. The lowest BCUT2D eigenvalue weighted by molar-refractivity contribution is 0.106. The highest BCUT2D eigenvalue weighted by atomic mass is 35.5. The number of ether oxygens (including phenoxy) is 1. The maximum Gasteiger partial charge on any atom is 0.214 e. The van der Waals surface area contributed by atoms with Crippen LogP contribution >= 0.6 is 11.6 Å². The molecule has 168 valence electrons. The minimum Gasteiger partial charge on any atom is -0.457 e. The van der Waals surface area contributed by atoms with Crippen LogP contribution in [0.15, 0.2) is 70.8 Å². The molecule has 8 heteroatoms. The van der Waals surface area contributed by atoms with E-state index in [9.17, 15) is 9.90 Å². The number of aromatic amines is 1. The Hall–Kier alpha value is -3.26. The molecule has 0 aliphatic carbocycles. The second-order valence-corrected chi connectivity index (χ2v) is 8.48. The number of aliphatic imine (C=N–C) groups is 2. The number of aromatic nitrogens is 1. The molecule has 3 heterocycles. The standard InChI is InChI=1S/C25H23ClN4O3/c26-21-11-18(33-17-4-2-1-3-5-17)6-7-19(21)25(32)24-23(20-8-9-27-22(20)13-29-24)30-15-10-16(14-31)28-12-15/h1-9,11,15-16,27-28,31H,10,12-14H2/t15-,16+/m1/s1. The molecule has 3 aromatic rings. The number of para-hydroxylation sites is 1. The van der Waals surface area contributed by atoms with Crippen LogP contribution in [0.5, 0.6) is 11.5 Å². The SMILES string of the molecule is O=C(C1=NCc2[nH]ccc2C1=N[C@H]1CN[C@H](CO)C1)c1ccc(Oc2ccccc2)cc1Cl. The van der Waals surface area contributed by atoms with Gasteiger partial charge in [0, 0.05) is 41.7 Å². The lowest BCUT2D eigenvalue weighted by Crippen LogP contribution is -2.31. The zero-order valence-electron chi connectivity index (χ0n) is 17.8. The Morgan fingerprint density at radius 2 is 2.03 bits per heavy atom. The first-order valence-corrected chi connectivity index (χ1v) is 11.2. The third kappa shape index (κ3) is 4.48. The van der Waals surface area contributed by atoms with Crippen molar-refractivity contribution >= 4 is 28.8 Å². The van der Waals surface area contributed by atoms with Gasteiger partial charge in [0.05, 0.1) is 29.9 Å². The lowest BCUT2D eigenvalue weighted by Gasteiger charge is -2.17. The maximum absolute atomic E-state index is 13.5. The number of ketones is 1. The Kier molecular flexibility index (Phi) is 6.09. The number of benzene rings is 2. The molecule has 3 N–H and O–H groups in total. The van der Waals surface area contributed by atoms with Crippen molar-refractivity contribution in [2.45, 2.75) is 25.0 Å². The van der Waals surface area contributed by atoms with E-state index in [0.29, 0.717) is 53.0 Å². The zero-order chi connectivity index (χ0) is 22.8. The Bertz CT molecular complexity index is 1240. The number of Topliss-reactive ketones (excluding diaryl/α,β-unsaturated/α-hetero) is 1. The number of rotatable bonds is 6. The van der Waals surface area contributed by atoms with Gasteiger partial charge in [-0.2, -0.15) is 0 Å². The zero-order valence-corrected chi connectivity index (χ0v) is 18.5. The minimum absolute atomic E-state index is 0.0105. The fraction of sp³-hybridized carbons (Fsp3) is 0.240. The molecular weight excluding hydrogens is 440 g/mol. The van der Waals surface area contributed by atoms with Crippen molar-refractivity contribution in [3.05, 3.63) is 82.6 Å². The summed E-state index contributed by atoms with van der Waals surface area (Å²) in [5.74, 6) is 0.953. The third-order valence-corrected chi connectivity index (χ3v) is 6.13. The second kappa shape index (κ2) is 9.31. The van der Waals surface area contributed by atoms with E-state index in [0.717, 1.165) is 11.3 Å². The number of hydrogen-bond acceptors (Lipinski definition) is 6. The first kappa shape index (κ1) is 21.6. The van der Waals surface area contributed by atoms with Gasteiger partial charge in [0.25, 0.3) is 0 Å². The molecule has 0 saturated carbocycles. The van der Waals surface area contributed by atoms with Crippen LogP contribution in [0.25, 0.3) is 0 Å². The number of carbonyl (C=O) groups is 1. The van der Waals surface area contributed by atoms with Crippen LogP contribution in [-0.4, -0.2) is 52.5 Å². The van der Waals surface area contributed by atoms with Gasteiger partial charge in [-0.15, -0.1) is 0 Å². The van der Waals surface area contributed by atoms with Gasteiger partial charge in [-0.05, 0) is 36.8 Å². The largest absolute Gasteiger partial charge is 0.457 e. The van der Waals surface area contributed by atoms with E-state index in [4.69, 9.17) is 21.3 Å². The van der Waals surface area contributed by atoms with Gasteiger partial charge in [-0.25, -0.2) is 0 Å². The normalized spacial score (nSPS) is 21.0. The highest BCUT2D eigenvalue weighted by molar-refractivity contribution is 6.74. The van der Waals surface area contributed by atoms with E-state index >= 15 is 0 Å². The molecule has 2 aliphatic rings. The van der Waals surface area contributed by atoms with Crippen molar-refractivity contribution in [2.75, 3.05) is 13.2 Å². The van der Waals surface area contributed by atoms with E-state index in [2.05, 4.69) is 15.3 Å². The number of hydrogen-bond donors (Lipinski definition) is 3. The molecule has 5 rings (SSSR count). The summed E-state index contributed by atoms with van der Waals surface area (Å²) in [5, 5.41) is 13.0. The molecule has 2 atom stereocenters. The van der Waals surface area contributed by atoms with Crippen LogP contribution < -0.4 is 10.1 Å². The van der Waals surface area contributed by atoms with E-state index in [1.807, 2.05) is 42.6 Å². The fourth-order valence-electron chi connectivity index (χ4n) is 4.14. The summed E-state index contributed by atoms with van der Waals surface area (Å²) in [4.78, 5) is 26.1. The topological polar surface area (TPSA) is 99.1 Å². The molecule has 1 aromatic heterocycles. The number of nitrogens with zero attached hydrogens (tertiary/aromatic N) is 2. The summed E-state index contributed by atoms with van der Waals surface area (Å²) in [6.07, 6.45) is 2.53.